The van der Waals surface area contributed by atoms with Crippen LogP contribution in [0.15, 0.2) is 47.4 Å². The first-order chi connectivity index (χ1) is 13.3. The first kappa shape index (κ1) is 21.6. The first-order valence-electron chi connectivity index (χ1n) is 8.96. The highest BCUT2D eigenvalue weighted by Crippen LogP contribution is 2.66. The van der Waals surface area contributed by atoms with E-state index in [4.69, 9.17) is 5.14 Å². The molecular formula is C20H21F4NO3S. The van der Waals surface area contributed by atoms with Gasteiger partial charge in [-0.1, -0.05) is 26.0 Å². The molecule has 2 aromatic rings. The molecule has 29 heavy (non-hydrogen) atoms. The summed E-state index contributed by atoms with van der Waals surface area (Å²) in [4.78, 5) is 0.0276. The van der Waals surface area contributed by atoms with E-state index in [9.17, 15) is 26.0 Å². The number of hydrogen-bond donors (Lipinski definition) is 1. The number of aryl methyl sites for hydroxylation is 1. The van der Waals surface area contributed by atoms with Gasteiger partial charge in [-0.15, -0.1) is 13.2 Å². The average molecular weight is 431 g/mol. The third-order valence-corrected chi connectivity index (χ3v) is 6.52. The molecule has 1 aliphatic carbocycles. The Morgan fingerprint density at radius 1 is 1.10 bits per heavy atom. The molecular weight excluding hydrogens is 410 g/mol. The van der Waals surface area contributed by atoms with Gasteiger partial charge in [0.2, 0.25) is 10.0 Å². The van der Waals surface area contributed by atoms with Gasteiger partial charge in [-0.2, -0.15) is 0 Å². The zero-order valence-corrected chi connectivity index (χ0v) is 16.6. The fourth-order valence-corrected chi connectivity index (χ4v) is 4.58. The van der Waals surface area contributed by atoms with Crippen molar-refractivity contribution in [3.8, 4) is 5.75 Å². The summed E-state index contributed by atoms with van der Waals surface area (Å²) in [5.74, 6) is -0.713. The number of nitrogens with two attached hydrogens (primary N) is 1. The summed E-state index contributed by atoms with van der Waals surface area (Å²) in [6, 6.07) is 9.33. The van der Waals surface area contributed by atoms with E-state index in [0.29, 0.717) is 6.42 Å². The van der Waals surface area contributed by atoms with E-state index in [1.807, 2.05) is 0 Å². The number of rotatable bonds is 6. The smallest absolute Gasteiger partial charge is 0.406 e. The molecule has 4 nitrogen and oxygen atoms in total. The number of alkyl halides is 3. The lowest BCUT2D eigenvalue weighted by Gasteiger charge is -2.11. The minimum atomic E-state index is -4.83. The highest BCUT2D eigenvalue weighted by Gasteiger charge is 2.57. The minimum absolute atomic E-state index is 0.0276. The van der Waals surface area contributed by atoms with E-state index < -0.39 is 28.0 Å². The van der Waals surface area contributed by atoms with Crippen molar-refractivity contribution >= 4 is 10.0 Å². The number of benzene rings is 2. The van der Waals surface area contributed by atoms with Crippen molar-refractivity contribution in [2.45, 2.75) is 43.9 Å². The fraction of sp³-hybridized carbons (Fsp3) is 0.400. The van der Waals surface area contributed by atoms with Crippen molar-refractivity contribution in [3.63, 3.8) is 0 Å². The molecule has 1 aliphatic rings. The molecule has 0 saturated heterocycles. The summed E-state index contributed by atoms with van der Waals surface area (Å²) < 4.78 is 77.8. The molecule has 0 spiro atoms. The monoisotopic (exact) mass is 431 g/mol. The van der Waals surface area contributed by atoms with Crippen LogP contribution in [0, 0.1) is 17.2 Å². The van der Waals surface area contributed by atoms with Gasteiger partial charge in [-0.05, 0) is 71.6 Å². The van der Waals surface area contributed by atoms with Crippen LogP contribution in [0.3, 0.4) is 0 Å². The molecule has 0 aromatic heterocycles. The topological polar surface area (TPSA) is 69.4 Å². The highest BCUT2D eigenvalue weighted by atomic mass is 32.2. The van der Waals surface area contributed by atoms with Crippen molar-refractivity contribution in [1.29, 1.82) is 0 Å². The molecule has 0 aliphatic heterocycles. The third-order valence-electron chi connectivity index (χ3n) is 5.59. The van der Waals surface area contributed by atoms with Crippen molar-refractivity contribution < 1.29 is 30.7 Å². The van der Waals surface area contributed by atoms with Gasteiger partial charge in [-0.3, -0.25) is 0 Å². The summed E-state index contributed by atoms with van der Waals surface area (Å²) in [6.07, 6.45) is -4.00. The largest absolute Gasteiger partial charge is 0.573 e. The normalized spacial score (nSPS) is 21.1. The fourth-order valence-electron chi connectivity index (χ4n) is 4.06. The number of halogens is 4. The second-order valence-electron chi connectivity index (χ2n) is 7.86. The molecule has 2 aromatic carbocycles. The van der Waals surface area contributed by atoms with Crippen LogP contribution in [0.4, 0.5) is 17.6 Å². The summed E-state index contributed by atoms with van der Waals surface area (Å²) in [7, 11) is -3.77. The highest BCUT2D eigenvalue weighted by molar-refractivity contribution is 7.89. The second-order valence-corrected chi connectivity index (χ2v) is 9.42. The average Bonchev–Trinajstić information content (AvgIpc) is 3.14. The maximum Gasteiger partial charge on any atom is 0.573 e. The molecule has 0 bridgehead atoms. The Labute approximate surface area is 166 Å². The van der Waals surface area contributed by atoms with E-state index in [0.717, 1.165) is 23.8 Å². The molecule has 2 N–H and O–H groups in total. The predicted octanol–water partition coefficient (Wildman–Crippen LogP) is 4.74. The van der Waals surface area contributed by atoms with Crippen molar-refractivity contribution in [3.05, 3.63) is 59.4 Å². The van der Waals surface area contributed by atoms with E-state index >= 15 is 0 Å². The van der Waals surface area contributed by atoms with Gasteiger partial charge in [-0.25, -0.2) is 17.9 Å². The van der Waals surface area contributed by atoms with Gasteiger partial charge in [0.25, 0.3) is 0 Å². The Balaban J connectivity index is 1.71. The van der Waals surface area contributed by atoms with Crippen LogP contribution in [-0.2, 0) is 16.4 Å². The van der Waals surface area contributed by atoms with Gasteiger partial charge >= 0.3 is 6.36 Å². The molecule has 3 rings (SSSR count). The Morgan fingerprint density at radius 2 is 1.72 bits per heavy atom. The number of primary sulfonamides is 1. The van der Waals surface area contributed by atoms with Gasteiger partial charge in [0.1, 0.15) is 11.6 Å². The maximum absolute atomic E-state index is 14.0. The van der Waals surface area contributed by atoms with E-state index in [1.54, 1.807) is 12.1 Å². The molecule has 0 heterocycles. The molecule has 0 amide bonds. The lowest BCUT2D eigenvalue weighted by molar-refractivity contribution is -0.274. The molecule has 1 fully saturated rings. The molecule has 1 saturated carbocycles. The Bertz CT molecular complexity index is 1000. The summed E-state index contributed by atoms with van der Waals surface area (Å²) in [5, 5.41) is 5.11. The minimum Gasteiger partial charge on any atom is -0.406 e. The van der Waals surface area contributed by atoms with Crippen LogP contribution in [0.5, 0.6) is 5.75 Å². The predicted molar refractivity (Wildman–Crippen MR) is 99.2 cm³/mol. The van der Waals surface area contributed by atoms with E-state index in [-0.39, 0.29) is 34.1 Å². The quantitative estimate of drug-likeness (QED) is 0.672. The zero-order valence-electron chi connectivity index (χ0n) is 15.8. The SMILES string of the molecule is CC1(C)[C@@H](CCc2cc(OC(F)(F)F)ccc2F)[C@@H]1c1ccc(S(N)(=O)=O)cc1. The van der Waals surface area contributed by atoms with Gasteiger partial charge in [0, 0.05) is 0 Å². The van der Waals surface area contributed by atoms with Crippen LogP contribution < -0.4 is 9.88 Å². The van der Waals surface area contributed by atoms with E-state index in [2.05, 4.69) is 18.6 Å². The van der Waals surface area contributed by atoms with Gasteiger partial charge in [0.15, 0.2) is 0 Å². The zero-order chi connectivity index (χ0) is 21.6. The Kier molecular flexibility index (Phi) is 5.42. The van der Waals surface area contributed by atoms with Gasteiger partial charge < -0.3 is 4.74 Å². The number of ether oxygens (including phenoxy) is 1. The first-order valence-corrected chi connectivity index (χ1v) is 10.5. The van der Waals surface area contributed by atoms with Crippen LogP contribution in [0.1, 0.15) is 37.3 Å². The summed E-state index contributed by atoms with van der Waals surface area (Å²) >= 11 is 0. The Hall–Kier alpha value is -2.13. The molecule has 2 atom stereocenters. The van der Waals surface area contributed by atoms with Crippen molar-refractivity contribution in [1.82, 2.24) is 0 Å². The van der Waals surface area contributed by atoms with Crippen molar-refractivity contribution in [2.24, 2.45) is 16.5 Å². The molecule has 9 heteroatoms. The summed E-state index contributed by atoms with van der Waals surface area (Å²) in [5.41, 5.74) is 1.01. The molecule has 158 valence electrons. The van der Waals surface area contributed by atoms with Crippen LogP contribution in [0.25, 0.3) is 0 Å². The van der Waals surface area contributed by atoms with Crippen LogP contribution in [0.2, 0.25) is 0 Å². The molecule has 0 unspecified atom stereocenters. The van der Waals surface area contributed by atoms with Gasteiger partial charge in [0.05, 0.1) is 4.90 Å². The Morgan fingerprint density at radius 3 is 2.28 bits per heavy atom. The third kappa shape index (κ3) is 4.90. The van der Waals surface area contributed by atoms with Crippen LogP contribution in [-0.4, -0.2) is 14.8 Å². The number of hydrogen-bond acceptors (Lipinski definition) is 3. The van der Waals surface area contributed by atoms with Crippen LogP contribution >= 0.6 is 0 Å². The lowest BCUT2D eigenvalue weighted by Crippen LogP contribution is -2.17. The standard InChI is InChI=1S/C20H21F4NO3S/c1-19(2)16(18(19)12-3-7-15(8-4-12)29(25,26)27)9-5-13-11-14(6-10-17(13)21)28-20(22,23)24/h3-4,6-8,10-11,16,18H,5,9H2,1-2H3,(H2,25,26,27)/t16-,18-/m0/s1. The maximum atomic E-state index is 14.0. The van der Waals surface area contributed by atoms with E-state index in [1.165, 1.54) is 12.1 Å². The second kappa shape index (κ2) is 7.28. The van der Waals surface area contributed by atoms with Crippen molar-refractivity contribution in [2.75, 3.05) is 0 Å². The lowest BCUT2D eigenvalue weighted by atomic mass is 10.0. The summed E-state index contributed by atoms with van der Waals surface area (Å²) in [6.45, 7) is 4.10. The molecule has 0 radical (unpaired) electrons. The number of sulfonamides is 1.